The summed E-state index contributed by atoms with van der Waals surface area (Å²) < 4.78 is 16.0. The van der Waals surface area contributed by atoms with Crippen LogP contribution < -0.4 is 4.74 Å². The maximum Gasteiger partial charge on any atom is 0.338 e. The summed E-state index contributed by atoms with van der Waals surface area (Å²) in [6.07, 6.45) is 1.45. The van der Waals surface area contributed by atoms with Crippen LogP contribution in [-0.2, 0) is 16.1 Å². The third kappa shape index (κ3) is 5.79. The Kier molecular flexibility index (Phi) is 7.04. The number of ether oxygens (including phenoxy) is 2. The van der Waals surface area contributed by atoms with Crippen LogP contribution in [0.15, 0.2) is 77.4 Å². The number of rotatable bonds is 7. The first-order chi connectivity index (χ1) is 16.1. The summed E-state index contributed by atoms with van der Waals surface area (Å²) in [6, 6.07) is 19.6. The van der Waals surface area contributed by atoms with Crippen LogP contribution in [0.1, 0.15) is 26.5 Å². The molecule has 1 aliphatic rings. The van der Waals surface area contributed by atoms with E-state index >= 15 is 0 Å². The number of carbonyl (C=O) groups is 3. The topological polar surface area (TPSA) is 89.3 Å². The molecule has 0 aliphatic carbocycles. The molecule has 0 bridgehead atoms. The monoisotopic (exact) mass is 448 g/mol. The molecular formula is C25H24N2O6. The van der Waals surface area contributed by atoms with E-state index in [-0.39, 0.29) is 24.2 Å². The first kappa shape index (κ1) is 22.1. The van der Waals surface area contributed by atoms with Gasteiger partial charge in [-0.1, -0.05) is 30.3 Å². The summed E-state index contributed by atoms with van der Waals surface area (Å²) in [5.41, 5.74) is 1.38. The minimum atomic E-state index is -0.579. The average molecular weight is 448 g/mol. The normalized spacial score (nSPS) is 13.5. The lowest BCUT2D eigenvalue weighted by Crippen LogP contribution is -2.51. The lowest BCUT2D eigenvalue weighted by molar-refractivity contribution is -0.136. The van der Waals surface area contributed by atoms with Gasteiger partial charge < -0.3 is 23.7 Å². The molecule has 0 atom stereocenters. The lowest BCUT2D eigenvalue weighted by atomic mass is 10.2. The Morgan fingerprint density at radius 1 is 0.818 bits per heavy atom. The maximum atomic E-state index is 12.4. The number of esters is 1. The molecule has 2 heterocycles. The summed E-state index contributed by atoms with van der Waals surface area (Å²) in [4.78, 5) is 40.2. The highest BCUT2D eigenvalue weighted by molar-refractivity contribution is 5.92. The second kappa shape index (κ2) is 10.5. The highest BCUT2D eigenvalue weighted by Crippen LogP contribution is 2.15. The van der Waals surface area contributed by atoms with E-state index in [1.165, 1.54) is 6.26 Å². The van der Waals surface area contributed by atoms with Gasteiger partial charge in [0.05, 0.1) is 11.8 Å². The molecule has 1 aromatic heterocycles. The molecule has 0 spiro atoms. The fraction of sp³-hybridized carbons (Fsp3) is 0.240. The molecule has 4 rings (SSSR count). The molecule has 1 fully saturated rings. The van der Waals surface area contributed by atoms with Crippen LogP contribution in [-0.4, -0.2) is 60.4 Å². The van der Waals surface area contributed by atoms with Gasteiger partial charge in [-0.2, -0.15) is 0 Å². The molecule has 33 heavy (non-hydrogen) atoms. The Morgan fingerprint density at radius 2 is 1.52 bits per heavy atom. The van der Waals surface area contributed by atoms with Crippen molar-refractivity contribution < 1.29 is 28.3 Å². The van der Waals surface area contributed by atoms with E-state index in [9.17, 15) is 14.4 Å². The maximum absolute atomic E-state index is 12.4. The van der Waals surface area contributed by atoms with Crippen LogP contribution in [0.4, 0.5) is 0 Å². The smallest absolute Gasteiger partial charge is 0.338 e. The molecule has 2 amide bonds. The van der Waals surface area contributed by atoms with Gasteiger partial charge in [0.1, 0.15) is 12.4 Å². The van der Waals surface area contributed by atoms with Crippen molar-refractivity contribution in [3.05, 3.63) is 89.9 Å². The molecule has 170 valence electrons. The third-order valence-electron chi connectivity index (χ3n) is 5.32. The van der Waals surface area contributed by atoms with E-state index in [2.05, 4.69) is 0 Å². The second-order valence-corrected chi connectivity index (χ2v) is 7.53. The average Bonchev–Trinajstić information content (AvgIpc) is 3.41. The SMILES string of the molecule is O=C(OCC(=O)N1CCN(C(=O)c2ccco2)CC1)c1ccc(OCc2ccccc2)cc1. The minimum Gasteiger partial charge on any atom is -0.489 e. The zero-order valence-corrected chi connectivity index (χ0v) is 18.0. The van der Waals surface area contributed by atoms with Crippen molar-refractivity contribution in [2.75, 3.05) is 32.8 Å². The molecular weight excluding hydrogens is 424 g/mol. The molecule has 0 unspecified atom stereocenters. The van der Waals surface area contributed by atoms with Gasteiger partial charge in [0, 0.05) is 26.2 Å². The molecule has 3 aromatic rings. The van der Waals surface area contributed by atoms with Crippen molar-refractivity contribution in [3.8, 4) is 5.75 Å². The molecule has 2 aromatic carbocycles. The van der Waals surface area contributed by atoms with Crippen LogP contribution in [0.5, 0.6) is 5.75 Å². The number of hydrogen-bond donors (Lipinski definition) is 0. The van der Waals surface area contributed by atoms with E-state index < -0.39 is 5.97 Å². The molecule has 0 saturated carbocycles. The zero-order valence-electron chi connectivity index (χ0n) is 18.0. The van der Waals surface area contributed by atoms with Crippen molar-refractivity contribution >= 4 is 17.8 Å². The number of piperazine rings is 1. The predicted molar refractivity (Wildman–Crippen MR) is 119 cm³/mol. The van der Waals surface area contributed by atoms with Crippen molar-refractivity contribution in [3.63, 3.8) is 0 Å². The first-order valence-corrected chi connectivity index (χ1v) is 10.6. The summed E-state index contributed by atoms with van der Waals surface area (Å²) in [5.74, 6) is -0.163. The predicted octanol–water partition coefficient (Wildman–Crippen LogP) is 3.00. The van der Waals surface area contributed by atoms with Gasteiger partial charge in [-0.15, -0.1) is 0 Å². The lowest BCUT2D eigenvalue weighted by Gasteiger charge is -2.34. The standard InChI is InChI=1S/C25H24N2O6/c28-23(26-12-14-27(15-13-26)24(29)22-7-4-16-31-22)18-33-25(30)20-8-10-21(11-9-20)32-17-19-5-2-1-3-6-19/h1-11,16H,12-15,17-18H2. The van der Waals surface area contributed by atoms with Crippen molar-refractivity contribution in [2.45, 2.75) is 6.61 Å². The van der Waals surface area contributed by atoms with Gasteiger partial charge in [-0.25, -0.2) is 4.79 Å². The van der Waals surface area contributed by atoms with Crippen LogP contribution >= 0.6 is 0 Å². The second-order valence-electron chi connectivity index (χ2n) is 7.53. The van der Waals surface area contributed by atoms with Crippen LogP contribution in [0, 0.1) is 0 Å². The van der Waals surface area contributed by atoms with Gasteiger partial charge >= 0.3 is 5.97 Å². The van der Waals surface area contributed by atoms with Gasteiger partial charge in [0.15, 0.2) is 12.4 Å². The van der Waals surface area contributed by atoms with Crippen LogP contribution in [0.3, 0.4) is 0 Å². The van der Waals surface area contributed by atoms with E-state index in [0.29, 0.717) is 44.1 Å². The van der Waals surface area contributed by atoms with Crippen molar-refractivity contribution in [1.29, 1.82) is 0 Å². The number of nitrogens with zero attached hydrogens (tertiary/aromatic N) is 2. The number of hydrogen-bond acceptors (Lipinski definition) is 6. The van der Waals surface area contributed by atoms with Gasteiger partial charge in [-0.05, 0) is 42.0 Å². The Morgan fingerprint density at radius 3 is 2.18 bits per heavy atom. The van der Waals surface area contributed by atoms with E-state index in [1.54, 1.807) is 46.2 Å². The summed E-state index contributed by atoms with van der Waals surface area (Å²) in [5, 5.41) is 0. The highest BCUT2D eigenvalue weighted by Gasteiger charge is 2.26. The molecule has 8 nitrogen and oxygen atoms in total. The molecule has 0 N–H and O–H groups in total. The van der Waals surface area contributed by atoms with E-state index in [1.807, 2.05) is 30.3 Å². The zero-order chi connectivity index (χ0) is 23.0. The van der Waals surface area contributed by atoms with E-state index in [0.717, 1.165) is 5.56 Å². The van der Waals surface area contributed by atoms with Crippen LogP contribution in [0.25, 0.3) is 0 Å². The number of carbonyl (C=O) groups excluding carboxylic acids is 3. The highest BCUT2D eigenvalue weighted by atomic mass is 16.5. The number of benzene rings is 2. The summed E-state index contributed by atoms with van der Waals surface area (Å²) in [6.45, 7) is 1.61. The van der Waals surface area contributed by atoms with Gasteiger partial charge in [-0.3, -0.25) is 9.59 Å². The number of amides is 2. The first-order valence-electron chi connectivity index (χ1n) is 10.6. The molecule has 0 radical (unpaired) electrons. The van der Waals surface area contributed by atoms with E-state index in [4.69, 9.17) is 13.9 Å². The van der Waals surface area contributed by atoms with Gasteiger partial charge in [0.2, 0.25) is 0 Å². The Labute approximate surface area is 191 Å². The number of furan rings is 1. The fourth-order valence-electron chi connectivity index (χ4n) is 3.45. The Balaban J connectivity index is 1.20. The minimum absolute atomic E-state index is 0.199. The van der Waals surface area contributed by atoms with Crippen molar-refractivity contribution in [2.24, 2.45) is 0 Å². The fourth-order valence-corrected chi connectivity index (χ4v) is 3.45. The molecule has 1 saturated heterocycles. The van der Waals surface area contributed by atoms with Crippen molar-refractivity contribution in [1.82, 2.24) is 9.80 Å². The molecule has 8 heteroatoms. The Bertz CT molecular complexity index is 1070. The molecule has 1 aliphatic heterocycles. The van der Waals surface area contributed by atoms with Crippen LogP contribution in [0.2, 0.25) is 0 Å². The third-order valence-corrected chi connectivity index (χ3v) is 5.32. The quantitative estimate of drug-likeness (QED) is 0.517. The Hall–Kier alpha value is -4.07. The summed E-state index contributed by atoms with van der Waals surface area (Å²) >= 11 is 0. The summed E-state index contributed by atoms with van der Waals surface area (Å²) in [7, 11) is 0. The largest absolute Gasteiger partial charge is 0.489 e. The van der Waals surface area contributed by atoms with Gasteiger partial charge in [0.25, 0.3) is 11.8 Å².